The molecule has 1 aromatic carbocycles. The maximum atomic E-state index is 11.3. The van der Waals surface area contributed by atoms with E-state index in [-0.39, 0.29) is 5.97 Å². The number of benzene rings is 1. The average molecular weight is 277 g/mol. The van der Waals surface area contributed by atoms with E-state index in [9.17, 15) is 4.79 Å². The van der Waals surface area contributed by atoms with Crippen LogP contribution in [-0.2, 0) is 11.2 Å². The van der Waals surface area contributed by atoms with Crippen molar-refractivity contribution in [3.05, 3.63) is 35.4 Å². The molecule has 1 rings (SSSR count). The number of nitrogens with two attached hydrogens (primary N) is 1. The largest absolute Gasteiger partial charge is 0.465 e. The molecule has 1 aromatic rings. The highest BCUT2D eigenvalue weighted by atomic mass is 16.5. The van der Waals surface area contributed by atoms with Crippen molar-refractivity contribution in [2.75, 3.05) is 26.7 Å². The van der Waals surface area contributed by atoms with Gasteiger partial charge in [-0.1, -0.05) is 12.1 Å². The Hall–Kier alpha value is -2.04. The van der Waals surface area contributed by atoms with Gasteiger partial charge < -0.3 is 15.4 Å². The molecule has 0 saturated heterocycles. The van der Waals surface area contributed by atoms with Gasteiger partial charge in [-0.25, -0.2) is 4.79 Å². The molecule has 0 aliphatic rings. The van der Waals surface area contributed by atoms with E-state index in [1.165, 1.54) is 7.11 Å². The van der Waals surface area contributed by atoms with Gasteiger partial charge in [0.25, 0.3) is 0 Å². The van der Waals surface area contributed by atoms with Crippen LogP contribution in [0.2, 0.25) is 0 Å². The molecule has 0 unspecified atom stereocenters. The number of carbonyl (C=O) groups is 1. The van der Waals surface area contributed by atoms with Crippen LogP contribution in [0.3, 0.4) is 0 Å². The highest BCUT2D eigenvalue weighted by Crippen LogP contribution is 2.06. The Morgan fingerprint density at radius 1 is 1.25 bits per heavy atom. The molecule has 2 N–H and O–H groups in total. The molecule has 0 fully saturated rings. The van der Waals surface area contributed by atoms with Crippen molar-refractivity contribution in [3.8, 4) is 0 Å². The average Bonchev–Trinajstić information content (AvgIpc) is 2.48. The lowest BCUT2D eigenvalue weighted by molar-refractivity contribution is 0.0600. The summed E-state index contributed by atoms with van der Waals surface area (Å²) in [5.41, 5.74) is 7.58. The number of aliphatic imine (C=N–C) groups is 1. The predicted molar refractivity (Wildman–Crippen MR) is 80.9 cm³/mol. The van der Waals surface area contributed by atoms with Gasteiger partial charge >= 0.3 is 5.97 Å². The first-order valence-electron chi connectivity index (χ1n) is 6.84. The van der Waals surface area contributed by atoms with E-state index in [2.05, 4.69) is 23.6 Å². The lowest BCUT2D eigenvalue weighted by Crippen LogP contribution is -2.37. The molecular weight excluding hydrogens is 254 g/mol. The predicted octanol–water partition coefficient (Wildman–Crippen LogP) is 1.67. The molecule has 20 heavy (non-hydrogen) atoms. The maximum Gasteiger partial charge on any atom is 0.337 e. The second kappa shape index (κ2) is 8.19. The third-order valence-electron chi connectivity index (χ3n) is 3.14. The Balaban J connectivity index is 2.54. The van der Waals surface area contributed by atoms with Crippen molar-refractivity contribution >= 4 is 11.9 Å². The van der Waals surface area contributed by atoms with Gasteiger partial charge in [0, 0.05) is 19.6 Å². The summed E-state index contributed by atoms with van der Waals surface area (Å²) in [6.45, 7) is 6.47. The Morgan fingerprint density at radius 3 is 2.35 bits per heavy atom. The van der Waals surface area contributed by atoms with E-state index in [1.807, 2.05) is 17.0 Å². The lowest BCUT2D eigenvalue weighted by Gasteiger charge is -2.19. The van der Waals surface area contributed by atoms with Gasteiger partial charge in [-0.3, -0.25) is 4.99 Å². The van der Waals surface area contributed by atoms with Crippen molar-refractivity contribution in [1.82, 2.24) is 4.90 Å². The minimum atomic E-state index is -0.319. The van der Waals surface area contributed by atoms with Gasteiger partial charge in [-0.05, 0) is 38.0 Å². The molecule has 0 radical (unpaired) electrons. The summed E-state index contributed by atoms with van der Waals surface area (Å²) >= 11 is 0. The third kappa shape index (κ3) is 4.57. The van der Waals surface area contributed by atoms with Gasteiger partial charge in [-0.2, -0.15) is 0 Å². The molecule has 0 atom stereocenters. The molecule has 0 aliphatic heterocycles. The van der Waals surface area contributed by atoms with Crippen LogP contribution in [-0.4, -0.2) is 43.6 Å². The number of rotatable bonds is 6. The molecule has 0 aliphatic carbocycles. The summed E-state index contributed by atoms with van der Waals surface area (Å²) in [5, 5.41) is 0. The van der Waals surface area contributed by atoms with E-state index in [0.717, 1.165) is 25.1 Å². The lowest BCUT2D eigenvalue weighted by atomic mass is 10.1. The molecule has 0 spiro atoms. The molecule has 5 nitrogen and oxygen atoms in total. The van der Waals surface area contributed by atoms with Gasteiger partial charge in [0.1, 0.15) is 0 Å². The zero-order valence-electron chi connectivity index (χ0n) is 12.4. The smallest absolute Gasteiger partial charge is 0.337 e. The Bertz CT molecular complexity index is 451. The summed E-state index contributed by atoms with van der Waals surface area (Å²) in [6.07, 6.45) is 0.795. The van der Waals surface area contributed by atoms with E-state index in [4.69, 9.17) is 5.73 Å². The number of methoxy groups -OCH3 is 1. The van der Waals surface area contributed by atoms with Crippen LogP contribution in [0.25, 0.3) is 0 Å². The number of ether oxygens (including phenoxy) is 1. The Labute approximate surface area is 120 Å². The normalized spacial score (nSPS) is 11.2. The zero-order chi connectivity index (χ0) is 15.0. The van der Waals surface area contributed by atoms with Gasteiger partial charge in [0.2, 0.25) is 0 Å². The molecule has 0 saturated carbocycles. The monoisotopic (exact) mass is 277 g/mol. The molecular formula is C15H23N3O2. The Morgan fingerprint density at radius 2 is 1.85 bits per heavy atom. The number of guanidine groups is 1. The quantitative estimate of drug-likeness (QED) is 0.488. The second-order valence-electron chi connectivity index (χ2n) is 4.35. The van der Waals surface area contributed by atoms with Crippen molar-refractivity contribution in [1.29, 1.82) is 0 Å². The minimum Gasteiger partial charge on any atom is -0.465 e. The standard InChI is InChI=1S/C15H23N3O2/c1-4-18(5-2)15(16)17-11-10-12-6-8-13(9-7-12)14(19)20-3/h6-9H,4-5,10-11H2,1-3H3,(H2,16,17). The maximum absolute atomic E-state index is 11.3. The fourth-order valence-electron chi connectivity index (χ4n) is 1.87. The first-order chi connectivity index (χ1) is 9.62. The third-order valence-corrected chi connectivity index (χ3v) is 3.14. The van der Waals surface area contributed by atoms with Crippen LogP contribution in [0, 0.1) is 0 Å². The zero-order valence-corrected chi connectivity index (χ0v) is 12.4. The number of hydrogen-bond donors (Lipinski definition) is 1. The highest BCUT2D eigenvalue weighted by molar-refractivity contribution is 5.89. The van der Waals surface area contributed by atoms with Crippen molar-refractivity contribution in [3.63, 3.8) is 0 Å². The van der Waals surface area contributed by atoms with Crippen molar-refractivity contribution < 1.29 is 9.53 Å². The second-order valence-corrected chi connectivity index (χ2v) is 4.35. The number of carbonyl (C=O) groups excluding carboxylic acids is 1. The fourth-order valence-corrected chi connectivity index (χ4v) is 1.87. The summed E-state index contributed by atoms with van der Waals surface area (Å²) in [7, 11) is 1.38. The molecule has 5 heteroatoms. The van der Waals surface area contributed by atoms with Crippen molar-refractivity contribution in [2.45, 2.75) is 20.3 Å². The van der Waals surface area contributed by atoms with Gasteiger partial charge in [0.05, 0.1) is 12.7 Å². The molecule has 0 bridgehead atoms. The first kappa shape index (κ1) is 16.0. The highest BCUT2D eigenvalue weighted by Gasteiger charge is 2.04. The van der Waals surface area contributed by atoms with Crippen LogP contribution < -0.4 is 5.73 Å². The van der Waals surface area contributed by atoms with Crippen LogP contribution in [0.1, 0.15) is 29.8 Å². The van der Waals surface area contributed by atoms with E-state index in [1.54, 1.807) is 12.1 Å². The minimum absolute atomic E-state index is 0.319. The molecule has 0 aromatic heterocycles. The van der Waals surface area contributed by atoms with Gasteiger partial charge in [-0.15, -0.1) is 0 Å². The van der Waals surface area contributed by atoms with Gasteiger partial charge in [0.15, 0.2) is 5.96 Å². The van der Waals surface area contributed by atoms with Crippen molar-refractivity contribution in [2.24, 2.45) is 10.7 Å². The summed E-state index contributed by atoms with van der Waals surface area (Å²) in [4.78, 5) is 17.7. The molecule has 110 valence electrons. The number of esters is 1. The first-order valence-corrected chi connectivity index (χ1v) is 6.84. The number of hydrogen-bond acceptors (Lipinski definition) is 3. The summed E-state index contributed by atoms with van der Waals surface area (Å²) in [6, 6.07) is 7.35. The topological polar surface area (TPSA) is 67.9 Å². The van der Waals surface area contributed by atoms with E-state index < -0.39 is 0 Å². The summed E-state index contributed by atoms with van der Waals surface area (Å²) < 4.78 is 4.66. The number of nitrogens with zero attached hydrogens (tertiary/aromatic N) is 2. The fraction of sp³-hybridized carbons (Fsp3) is 0.467. The van der Waals surface area contributed by atoms with Crippen LogP contribution in [0.5, 0.6) is 0 Å². The van der Waals surface area contributed by atoms with E-state index >= 15 is 0 Å². The molecule has 0 amide bonds. The van der Waals surface area contributed by atoms with Crippen LogP contribution in [0.15, 0.2) is 29.3 Å². The van der Waals surface area contributed by atoms with E-state index in [0.29, 0.717) is 18.1 Å². The molecule has 0 heterocycles. The van der Waals surface area contributed by atoms with Crippen LogP contribution >= 0.6 is 0 Å². The van der Waals surface area contributed by atoms with Crippen LogP contribution in [0.4, 0.5) is 0 Å². The Kier molecular flexibility index (Phi) is 6.56. The summed E-state index contributed by atoms with van der Waals surface area (Å²) in [5.74, 6) is 0.265. The SMILES string of the molecule is CCN(CC)C(N)=NCCc1ccc(C(=O)OC)cc1.